The number of likely N-dealkylation sites (tertiary alicyclic amines) is 1. The van der Waals surface area contributed by atoms with Crippen LogP contribution in [0.4, 0.5) is 13.2 Å². The molecule has 8 heteroatoms. The Hall–Kier alpha value is -2.84. The van der Waals surface area contributed by atoms with Crippen LogP contribution < -0.4 is 4.74 Å². The van der Waals surface area contributed by atoms with Crippen LogP contribution in [0.2, 0.25) is 0 Å². The van der Waals surface area contributed by atoms with Crippen LogP contribution in [0.15, 0.2) is 48.5 Å². The monoisotopic (exact) mass is 540 g/mol. The first-order valence-corrected chi connectivity index (χ1v) is 13.8. The van der Waals surface area contributed by atoms with Gasteiger partial charge in [-0.2, -0.15) is 13.2 Å². The topological polar surface area (TPSA) is 53.0 Å². The van der Waals surface area contributed by atoms with Gasteiger partial charge in [-0.25, -0.2) is 0 Å². The molecule has 4 aliphatic rings. The van der Waals surface area contributed by atoms with E-state index in [0.717, 1.165) is 42.8 Å². The summed E-state index contributed by atoms with van der Waals surface area (Å²) >= 11 is 0. The molecule has 2 aliphatic carbocycles. The molecule has 2 heterocycles. The fourth-order valence-electron chi connectivity index (χ4n) is 7.84. The lowest BCUT2D eigenvalue weighted by molar-refractivity contribution is -0.197. The van der Waals surface area contributed by atoms with Crippen molar-refractivity contribution in [3.05, 3.63) is 70.8 Å². The number of carbonyl (C=O) groups excluding carboxylic acids is 1. The van der Waals surface area contributed by atoms with Gasteiger partial charge in [0.1, 0.15) is 11.9 Å². The minimum Gasteiger partial charge on any atom is -0.487 e. The van der Waals surface area contributed by atoms with Crippen molar-refractivity contribution in [1.82, 2.24) is 9.80 Å². The molecule has 0 unspecified atom stereocenters. The third kappa shape index (κ3) is 3.93. The number of hydrogen-bond donors (Lipinski definition) is 1. The molecule has 1 spiro atoms. The Kier molecular flexibility index (Phi) is 6.15. The van der Waals surface area contributed by atoms with Gasteiger partial charge in [-0.1, -0.05) is 38.1 Å². The van der Waals surface area contributed by atoms with E-state index in [4.69, 9.17) is 4.74 Å². The summed E-state index contributed by atoms with van der Waals surface area (Å²) in [6.45, 7) is 5.48. The minimum atomic E-state index is -4.40. The zero-order valence-corrected chi connectivity index (χ0v) is 22.5. The number of aliphatic hydroxyl groups is 1. The van der Waals surface area contributed by atoms with Crippen LogP contribution in [0.5, 0.6) is 5.75 Å². The first kappa shape index (κ1) is 26.4. The molecule has 1 saturated heterocycles. The van der Waals surface area contributed by atoms with E-state index in [1.54, 1.807) is 6.08 Å². The molecule has 39 heavy (non-hydrogen) atoms. The first-order chi connectivity index (χ1) is 18.5. The predicted molar refractivity (Wildman–Crippen MR) is 142 cm³/mol. The molecule has 2 aliphatic heterocycles. The summed E-state index contributed by atoms with van der Waals surface area (Å²) < 4.78 is 45.6. The second kappa shape index (κ2) is 9.10. The van der Waals surface area contributed by atoms with Gasteiger partial charge in [0, 0.05) is 24.2 Å². The van der Waals surface area contributed by atoms with Crippen molar-refractivity contribution in [3.63, 3.8) is 0 Å². The third-order valence-electron chi connectivity index (χ3n) is 9.50. The minimum absolute atomic E-state index is 0.00651. The maximum Gasteiger partial charge on any atom is 0.416 e. The van der Waals surface area contributed by atoms with Gasteiger partial charge >= 0.3 is 6.18 Å². The number of halogens is 3. The SMILES string of the molecule is CC(C)CN(C(=O)C=Cc1ccc(C(F)(F)F)cc1)[C@@H]1CC[C@@]2(O)[C@H]3Cc4cccc5c4[C@@]2(CCN3C)[C@H]1O5. The molecule has 2 aromatic rings. The molecular weight excluding hydrogens is 505 g/mol. The summed E-state index contributed by atoms with van der Waals surface area (Å²) in [6.07, 6.45) is 0.978. The average Bonchev–Trinajstić information content (AvgIpc) is 3.23. The number of benzene rings is 2. The Morgan fingerprint density at radius 1 is 1.21 bits per heavy atom. The maximum atomic E-state index is 13.7. The van der Waals surface area contributed by atoms with Crippen molar-refractivity contribution in [2.45, 2.75) is 74.9 Å². The summed E-state index contributed by atoms with van der Waals surface area (Å²) in [7, 11) is 2.09. The lowest BCUT2D eigenvalue weighted by Gasteiger charge is -2.64. The zero-order valence-electron chi connectivity index (χ0n) is 22.5. The van der Waals surface area contributed by atoms with Gasteiger partial charge in [-0.05, 0) is 80.6 Å². The fourth-order valence-corrected chi connectivity index (χ4v) is 7.84. The van der Waals surface area contributed by atoms with Crippen LogP contribution in [0, 0.1) is 5.92 Å². The predicted octanol–water partition coefficient (Wildman–Crippen LogP) is 5.06. The summed E-state index contributed by atoms with van der Waals surface area (Å²) in [5, 5.41) is 12.4. The Balaban J connectivity index is 1.34. The third-order valence-corrected chi connectivity index (χ3v) is 9.50. The summed E-state index contributed by atoms with van der Waals surface area (Å²) in [5.74, 6) is 0.821. The molecule has 6 rings (SSSR count). The van der Waals surface area contributed by atoms with Gasteiger partial charge in [-0.3, -0.25) is 4.79 Å². The van der Waals surface area contributed by atoms with E-state index in [2.05, 4.69) is 31.9 Å². The Labute approximate surface area is 227 Å². The number of hydrogen-bond acceptors (Lipinski definition) is 4. The Morgan fingerprint density at radius 3 is 2.64 bits per heavy atom. The smallest absolute Gasteiger partial charge is 0.416 e. The molecule has 5 atom stereocenters. The number of rotatable bonds is 5. The van der Waals surface area contributed by atoms with Crippen molar-refractivity contribution in [1.29, 1.82) is 0 Å². The first-order valence-electron chi connectivity index (χ1n) is 13.8. The molecule has 2 fully saturated rings. The lowest BCUT2D eigenvalue weighted by Crippen LogP contribution is -2.78. The van der Waals surface area contributed by atoms with E-state index in [0.29, 0.717) is 24.9 Å². The highest BCUT2D eigenvalue weighted by Crippen LogP contribution is 2.64. The number of piperidine rings is 1. The van der Waals surface area contributed by atoms with Gasteiger partial charge in [0.05, 0.1) is 22.6 Å². The second-order valence-corrected chi connectivity index (χ2v) is 12.1. The Bertz CT molecular complexity index is 1310. The molecular formula is C31H35F3N2O3. The van der Waals surface area contributed by atoms with Crippen LogP contribution >= 0.6 is 0 Å². The molecule has 2 bridgehead atoms. The maximum absolute atomic E-state index is 13.7. The van der Waals surface area contributed by atoms with E-state index in [9.17, 15) is 23.1 Å². The van der Waals surface area contributed by atoms with Crippen LogP contribution in [-0.2, 0) is 22.8 Å². The molecule has 208 valence electrons. The fraction of sp³-hybridized carbons (Fsp3) is 0.516. The highest BCUT2D eigenvalue weighted by atomic mass is 19.4. The Morgan fingerprint density at radius 2 is 1.95 bits per heavy atom. The van der Waals surface area contributed by atoms with Gasteiger partial charge in [0.2, 0.25) is 5.91 Å². The van der Waals surface area contributed by atoms with Crippen LogP contribution in [-0.4, -0.2) is 64.7 Å². The van der Waals surface area contributed by atoms with E-state index in [-0.39, 0.29) is 30.0 Å². The van der Waals surface area contributed by atoms with Crippen molar-refractivity contribution in [2.24, 2.45) is 5.92 Å². The highest BCUT2D eigenvalue weighted by molar-refractivity contribution is 5.92. The summed E-state index contributed by atoms with van der Waals surface area (Å²) in [5.41, 5.74) is 0.636. The lowest BCUT2D eigenvalue weighted by atomic mass is 9.48. The van der Waals surface area contributed by atoms with Crippen molar-refractivity contribution >= 4 is 12.0 Å². The molecule has 1 saturated carbocycles. The summed E-state index contributed by atoms with van der Waals surface area (Å²) in [6, 6.07) is 10.7. The van der Waals surface area contributed by atoms with Gasteiger partial charge < -0.3 is 19.6 Å². The van der Waals surface area contributed by atoms with E-state index in [1.807, 2.05) is 17.0 Å². The largest absolute Gasteiger partial charge is 0.487 e. The van der Waals surface area contributed by atoms with Gasteiger partial charge in [-0.15, -0.1) is 0 Å². The average molecular weight is 541 g/mol. The van der Waals surface area contributed by atoms with Crippen LogP contribution in [0.25, 0.3) is 6.08 Å². The number of amides is 1. The number of likely N-dealkylation sites (N-methyl/N-ethyl adjacent to an activating group) is 1. The molecule has 0 aromatic heterocycles. The number of carbonyl (C=O) groups is 1. The van der Waals surface area contributed by atoms with E-state index >= 15 is 0 Å². The number of alkyl halides is 3. The van der Waals surface area contributed by atoms with E-state index in [1.165, 1.54) is 23.8 Å². The van der Waals surface area contributed by atoms with Crippen molar-refractivity contribution in [2.75, 3.05) is 20.1 Å². The number of nitrogens with zero attached hydrogens (tertiary/aromatic N) is 2. The second-order valence-electron chi connectivity index (χ2n) is 12.1. The highest BCUT2D eigenvalue weighted by Gasteiger charge is 2.72. The standard InChI is InChI=1S/C31H35F3N2O3/c1-19(2)18-36(26(37)12-9-20-7-10-22(11-8-20)31(32,33)34)23-13-14-30(38)25-17-21-5-4-6-24-27(21)29(30,28(23)39-24)15-16-35(25)3/h4-12,19,23,25,28,38H,13-18H2,1-3H3/t23-,25-,28+,29+,30-/m1/s1. The van der Waals surface area contributed by atoms with Crippen molar-refractivity contribution in [3.8, 4) is 5.75 Å². The van der Waals surface area contributed by atoms with Gasteiger partial charge in [0.25, 0.3) is 0 Å². The number of ether oxygens (including phenoxy) is 1. The van der Waals surface area contributed by atoms with Crippen molar-refractivity contribution < 1.29 is 27.8 Å². The van der Waals surface area contributed by atoms with E-state index < -0.39 is 22.8 Å². The molecule has 1 amide bonds. The van der Waals surface area contributed by atoms with Crippen LogP contribution in [0.3, 0.4) is 0 Å². The molecule has 0 radical (unpaired) electrons. The molecule has 1 N–H and O–H groups in total. The van der Waals surface area contributed by atoms with Crippen LogP contribution in [0.1, 0.15) is 55.4 Å². The summed E-state index contributed by atoms with van der Waals surface area (Å²) in [4.78, 5) is 17.9. The molecule has 2 aromatic carbocycles. The van der Waals surface area contributed by atoms with Gasteiger partial charge in [0.15, 0.2) is 0 Å². The normalized spacial score (nSPS) is 31.3. The quantitative estimate of drug-likeness (QED) is 0.539. The molecule has 5 nitrogen and oxygen atoms in total. The zero-order chi connectivity index (χ0) is 27.7.